The van der Waals surface area contributed by atoms with E-state index in [1.54, 1.807) is 11.0 Å². The zero-order chi connectivity index (χ0) is 23.1. The second-order valence-electron chi connectivity index (χ2n) is 9.11. The Morgan fingerprint density at radius 1 is 1.15 bits per heavy atom. The number of hydrogen-bond acceptors (Lipinski definition) is 5. The molecule has 6 nitrogen and oxygen atoms in total. The van der Waals surface area contributed by atoms with E-state index in [-0.39, 0.29) is 23.5 Å². The summed E-state index contributed by atoms with van der Waals surface area (Å²) in [6, 6.07) is 12.3. The Hall–Kier alpha value is -3.28. The van der Waals surface area contributed by atoms with E-state index >= 15 is 0 Å². The van der Waals surface area contributed by atoms with Gasteiger partial charge in [-0.2, -0.15) is 0 Å². The lowest BCUT2D eigenvalue weighted by Crippen LogP contribution is -2.37. The van der Waals surface area contributed by atoms with Crippen LogP contribution in [-0.2, 0) is 16.0 Å². The Morgan fingerprint density at radius 3 is 2.70 bits per heavy atom. The molecule has 1 saturated carbocycles. The van der Waals surface area contributed by atoms with Gasteiger partial charge < -0.3 is 19.5 Å². The first-order valence-corrected chi connectivity index (χ1v) is 11.8. The first kappa shape index (κ1) is 21.6. The highest BCUT2D eigenvalue weighted by molar-refractivity contribution is 6.46. The summed E-state index contributed by atoms with van der Waals surface area (Å²) in [5.74, 6) is 0.176. The molecule has 1 saturated heterocycles. The van der Waals surface area contributed by atoms with Gasteiger partial charge in [-0.1, -0.05) is 25.0 Å². The molecule has 2 aromatic carbocycles. The maximum Gasteiger partial charge on any atom is 0.295 e. The third kappa shape index (κ3) is 3.77. The summed E-state index contributed by atoms with van der Waals surface area (Å²) in [6.07, 6.45) is 4.61. The van der Waals surface area contributed by atoms with Crippen molar-refractivity contribution < 1.29 is 24.2 Å². The Bertz CT molecular complexity index is 1130. The molecule has 0 radical (unpaired) electrons. The smallest absolute Gasteiger partial charge is 0.295 e. The number of fused-ring (bicyclic) bond motifs is 1. The highest BCUT2D eigenvalue weighted by Gasteiger charge is 2.49. The molecule has 0 bridgehead atoms. The van der Waals surface area contributed by atoms with Crippen LogP contribution in [-0.4, -0.2) is 40.4 Å². The van der Waals surface area contributed by atoms with Gasteiger partial charge in [0.15, 0.2) is 0 Å². The van der Waals surface area contributed by atoms with E-state index in [1.165, 1.54) is 0 Å². The summed E-state index contributed by atoms with van der Waals surface area (Å²) in [5.41, 5.74) is 2.44. The van der Waals surface area contributed by atoms with Crippen LogP contribution >= 0.6 is 0 Å². The van der Waals surface area contributed by atoms with E-state index in [0.29, 0.717) is 17.9 Å². The van der Waals surface area contributed by atoms with Crippen LogP contribution in [0, 0.1) is 0 Å². The van der Waals surface area contributed by atoms with E-state index in [0.717, 1.165) is 49.0 Å². The number of rotatable bonds is 5. The van der Waals surface area contributed by atoms with Gasteiger partial charge in [-0.3, -0.25) is 9.59 Å². The number of Topliss-reactive ketones (excluding diaryl/α,β-unsaturated/α-hetero) is 1. The summed E-state index contributed by atoms with van der Waals surface area (Å²) >= 11 is 0. The monoisotopic (exact) mass is 447 g/mol. The van der Waals surface area contributed by atoms with Crippen LogP contribution in [0.5, 0.6) is 11.5 Å². The fraction of sp³-hybridized carbons (Fsp3) is 0.407. The van der Waals surface area contributed by atoms with E-state index in [9.17, 15) is 14.7 Å². The molecule has 2 heterocycles. The number of amides is 1. The molecule has 0 spiro atoms. The number of nitrogens with zero attached hydrogens (tertiary/aromatic N) is 1. The first-order chi connectivity index (χ1) is 16.0. The summed E-state index contributed by atoms with van der Waals surface area (Å²) in [7, 11) is 0. The average Bonchev–Trinajstić information content (AvgIpc) is 3.51. The van der Waals surface area contributed by atoms with Crippen molar-refractivity contribution in [1.29, 1.82) is 0 Å². The summed E-state index contributed by atoms with van der Waals surface area (Å²) in [6.45, 7) is 4.43. The van der Waals surface area contributed by atoms with Gasteiger partial charge in [-0.25, -0.2) is 0 Å². The molecular formula is C27H29NO5. The molecule has 2 atom stereocenters. The molecule has 172 valence electrons. The molecule has 2 aliphatic heterocycles. The third-order valence-corrected chi connectivity index (χ3v) is 6.85. The van der Waals surface area contributed by atoms with Crippen LogP contribution in [0.1, 0.15) is 62.3 Å². The minimum absolute atomic E-state index is 0.0123. The van der Waals surface area contributed by atoms with Crippen molar-refractivity contribution in [2.45, 2.75) is 64.1 Å². The van der Waals surface area contributed by atoms with Gasteiger partial charge in [-0.05, 0) is 68.1 Å². The number of carbonyl (C=O) groups excluding carboxylic acids is 2. The number of benzene rings is 2. The van der Waals surface area contributed by atoms with Crippen molar-refractivity contribution in [3.63, 3.8) is 0 Å². The van der Waals surface area contributed by atoms with E-state index in [2.05, 4.69) is 0 Å². The van der Waals surface area contributed by atoms with Gasteiger partial charge in [0, 0.05) is 18.0 Å². The zero-order valence-electron chi connectivity index (χ0n) is 19.0. The van der Waals surface area contributed by atoms with Crippen molar-refractivity contribution in [3.8, 4) is 11.5 Å². The van der Waals surface area contributed by atoms with Crippen LogP contribution < -0.4 is 9.47 Å². The van der Waals surface area contributed by atoms with Crippen LogP contribution in [0.25, 0.3) is 5.76 Å². The third-order valence-electron chi connectivity index (χ3n) is 6.85. The molecule has 1 N–H and O–H groups in total. The molecule has 1 amide bonds. The fourth-order valence-corrected chi connectivity index (χ4v) is 5.40. The summed E-state index contributed by atoms with van der Waals surface area (Å²) in [5, 5.41) is 11.4. The quantitative estimate of drug-likeness (QED) is 0.406. The molecular weight excluding hydrogens is 418 g/mol. The molecule has 33 heavy (non-hydrogen) atoms. The van der Waals surface area contributed by atoms with E-state index < -0.39 is 17.7 Å². The molecule has 2 unspecified atom stereocenters. The molecule has 6 heteroatoms. The lowest BCUT2D eigenvalue weighted by Gasteiger charge is -2.31. The SMILES string of the molecule is CCOc1cccc(C2/C(=C(/O)c3ccc4c(c3)CC(C)O4)C(=O)C(=O)N2C2CCCC2)c1. The standard InChI is InChI=1S/C27H29NO5/c1-3-32-21-10-6-7-17(15-21)24-23(26(30)27(31)28(24)20-8-4-5-9-20)25(29)18-11-12-22-19(14-18)13-16(2)33-22/h6-7,10-12,14-16,20,24,29H,3-5,8-9,13H2,1-2H3/b25-23-. The maximum atomic E-state index is 13.3. The second kappa shape index (κ2) is 8.58. The summed E-state index contributed by atoms with van der Waals surface area (Å²) < 4.78 is 11.5. The minimum atomic E-state index is -0.642. The zero-order valence-corrected chi connectivity index (χ0v) is 19.0. The largest absolute Gasteiger partial charge is 0.507 e. The Balaban J connectivity index is 1.64. The highest BCUT2D eigenvalue weighted by atomic mass is 16.5. The predicted molar refractivity (Wildman–Crippen MR) is 124 cm³/mol. The Labute approximate surface area is 193 Å². The van der Waals surface area contributed by atoms with Crippen LogP contribution in [0.4, 0.5) is 0 Å². The number of carbonyl (C=O) groups is 2. The van der Waals surface area contributed by atoms with E-state index in [1.807, 2.05) is 50.2 Å². The van der Waals surface area contributed by atoms with Crippen molar-refractivity contribution in [1.82, 2.24) is 4.90 Å². The number of aliphatic hydroxyl groups is 1. The van der Waals surface area contributed by atoms with Gasteiger partial charge in [0.05, 0.1) is 18.2 Å². The van der Waals surface area contributed by atoms with Crippen LogP contribution in [0.15, 0.2) is 48.0 Å². The average molecular weight is 448 g/mol. The van der Waals surface area contributed by atoms with Crippen molar-refractivity contribution >= 4 is 17.4 Å². The van der Waals surface area contributed by atoms with Gasteiger partial charge in [-0.15, -0.1) is 0 Å². The number of aliphatic hydroxyl groups excluding tert-OH is 1. The minimum Gasteiger partial charge on any atom is -0.507 e. The van der Waals surface area contributed by atoms with Gasteiger partial charge in [0.25, 0.3) is 11.7 Å². The van der Waals surface area contributed by atoms with Crippen molar-refractivity contribution in [2.24, 2.45) is 0 Å². The van der Waals surface area contributed by atoms with E-state index in [4.69, 9.17) is 9.47 Å². The predicted octanol–water partition coefficient (Wildman–Crippen LogP) is 4.77. The second-order valence-corrected chi connectivity index (χ2v) is 9.11. The Morgan fingerprint density at radius 2 is 1.94 bits per heavy atom. The van der Waals surface area contributed by atoms with Crippen LogP contribution in [0.2, 0.25) is 0 Å². The van der Waals surface area contributed by atoms with Crippen LogP contribution in [0.3, 0.4) is 0 Å². The molecule has 1 aliphatic carbocycles. The first-order valence-electron chi connectivity index (χ1n) is 11.8. The molecule has 0 aromatic heterocycles. The fourth-order valence-electron chi connectivity index (χ4n) is 5.40. The maximum absolute atomic E-state index is 13.3. The number of likely N-dealkylation sites (tertiary alicyclic amines) is 1. The Kier molecular flexibility index (Phi) is 5.60. The molecule has 2 aromatic rings. The van der Waals surface area contributed by atoms with Gasteiger partial charge in [0.1, 0.15) is 23.4 Å². The number of ketones is 1. The molecule has 5 rings (SSSR count). The summed E-state index contributed by atoms with van der Waals surface area (Å²) in [4.78, 5) is 28.2. The lowest BCUT2D eigenvalue weighted by atomic mass is 9.93. The van der Waals surface area contributed by atoms with Crippen molar-refractivity contribution in [2.75, 3.05) is 6.61 Å². The lowest BCUT2D eigenvalue weighted by molar-refractivity contribution is -0.141. The topological polar surface area (TPSA) is 76.1 Å². The molecule has 3 aliphatic rings. The van der Waals surface area contributed by atoms with Crippen molar-refractivity contribution in [3.05, 3.63) is 64.7 Å². The molecule has 2 fully saturated rings. The number of hydrogen-bond donors (Lipinski definition) is 1. The van der Waals surface area contributed by atoms with Gasteiger partial charge >= 0.3 is 0 Å². The highest BCUT2D eigenvalue weighted by Crippen LogP contribution is 2.44. The van der Waals surface area contributed by atoms with Gasteiger partial charge in [0.2, 0.25) is 0 Å². The number of ether oxygens (including phenoxy) is 2. The normalized spacial score (nSPS) is 24.2.